The summed E-state index contributed by atoms with van der Waals surface area (Å²) < 4.78 is 5.54. The van der Waals surface area contributed by atoms with E-state index in [2.05, 4.69) is 33.3 Å². The van der Waals surface area contributed by atoms with Gasteiger partial charge in [0.25, 0.3) is 5.91 Å². The zero-order valence-electron chi connectivity index (χ0n) is 23.9. The first kappa shape index (κ1) is 30.1. The Hall–Kier alpha value is -4.32. The third kappa shape index (κ3) is 6.85. The van der Waals surface area contributed by atoms with Gasteiger partial charge < -0.3 is 30.5 Å². The Morgan fingerprint density at radius 3 is 2.44 bits per heavy atom. The Bertz CT molecular complexity index is 1520. The lowest BCUT2D eigenvalue weighted by molar-refractivity contribution is -0.121. The van der Waals surface area contributed by atoms with E-state index in [-0.39, 0.29) is 47.6 Å². The van der Waals surface area contributed by atoms with Crippen LogP contribution in [0.5, 0.6) is 17.2 Å². The van der Waals surface area contributed by atoms with Crippen molar-refractivity contribution in [2.75, 3.05) is 25.1 Å². The summed E-state index contributed by atoms with van der Waals surface area (Å²) in [5.41, 5.74) is 10.4. The summed E-state index contributed by atoms with van der Waals surface area (Å²) in [6, 6.07) is 16.9. The molecule has 0 spiro atoms. The monoisotopic (exact) mass is 606 g/mol. The smallest absolute Gasteiger partial charge is 0.251 e. The van der Waals surface area contributed by atoms with Gasteiger partial charge in [0.05, 0.1) is 31.4 Å². The zero-order chi connectivity index (χ0) is 30.5. The van der Waals surface area contributed by atoms with Gasteiger partial charge in [0.1, 0.15) is 11.9 Å². The molecule has 0 aliphatic carbocycles. The number of nitrogens with zero attached hydrogens (tertiary/aromatic N) is 2. The van der Waals surface area contributed by atoms with Crippen LogP contribution in [0.25, 0.3) is 0 Å². The van der Waals surface area contributed by atoms with Crippen molar-refractivity contribution >= 4 is 34.8 Å². The van der Waals surface area contributed by atoms with E-state index in [9.17, 15) is 19.8 Å². The molecule has 0 aromatic heterocycles. The third-order valence-electron chi connectivity index (χ3n) is 7.51. The van der Waals surface area contributed by atoms with Gasteiger partial charge in [-0.1, -0.05) is 23.7 Å². The lowest BCUT2D eigenvalue weighted by Crippen LogP contribution is -2.47. The average molecular weight is 607 g/mol. The van der Waals surface area contributed by atoms with Crippen molar-refractivity contribution < 1.29 is 24.5 Å². The third-order valence-corrected chi connectivity index (χ3v) is 7.77. The highest BCUT2D eigenvalue weighted by Gasteiger charge is 2.40. The average Bonchev–Trinajstić information content (AvgIpc) is 3.33. The summed E-state index contributed by atoms with van der Waals surface area (Å²) in [4.78, 5) is 32.8. The molecule has 0 saturated carbocycles. The largest absolute Gasteiger partial charge is 0.504 e. The van der Waals surface area contributed by atoms with E-state index in [1.54, 1.807) is 7.11 Å². The molecule has 2 amide bonds. The van der Waals surface area contributed by atoms with Crippen molar-refractivity contribution in [2.24, 2.45) is 4.99 Å². The molecule has 0 bridgehead atoms. The molecule has 6 N–H and O–H groups in total. The molecule has 1 saturated heterocycles. The Labute approximate surface area is 254 Å². The molecule has 43 heavy (non-hydrogen) atoms. The van der Waals surface area contributed by atoms with Crippen LogP contribution in [0.1, 0.15) is 47.7 Å². The first-order valence-electron chi connectivity index (χ1n) is 14.1. The highest BCUT2D eigenvalue weighted by Crippen LogP contribution is 2.36. The predicted octanol–water partition coefficient (Wildman–Crippen LogP) is 3.28. The number of nitrogens with one attached hydrogen (secondary N) is 4. The number of amides is 2. The van der Waals surface area contributed by atoms with Crippen LogP contribution in [0.15, 0.2) is 65.7 Å². The first-order chi connectivity index (χ1) is 20.7. The minimum atomic E-state index is -0.414. The molecule has 1 fully saturated rings. The van der Waals surface area contributed by atoms with Crippen LogP contribution in [0, 0.1) is 0 Å². The first-order valence-corrected chi connectivity index (χ1v) is 14.5. The van der Waals surface area contributed by atoms with E-state index in [1.807, 2.05) is 42.5 Å². The Morgan fingerprint density at radius 1 is 0.977 bits per heavy atom. The summed E-state index contributed by atoms with van der Waals surface area (Å²) in [5, 5.41) is 25.4. The SMILES string of the molecule is COc1ccc2c(c1)C(c1ccc(Cl)cc1)=N[C@@H](CC(=O)NCCCCNC(=O)c1ccc(O)c(O)c1)C1NNC(C)N21. The quantitative estimate of drug-likeness (QED) is 0.152. The van der Waals surface area contributed by atoms with Crippen molar-refractivity contribution in [1.29, 1.82) is 0 Å². The number of ether oxygens (including phenoxy) is 1. The van der Waals surface area contributed by atoms with E-state index in [1.165, 1.54) is 18.2 Å². The van der Waals surface area contributed by atoms with Crippen molar-refractivity contribution in [3.05, 3.63) is 82.4 Å². The number of unbranched alkanes of at least 4 members (excludes halogenated alkanes) is 1. The number of anilines is 1. The normalized spacial score (nSPS) is 19.1. The number of hydrazine groups is 1. The number of fused-ring (bicyclic) bond motifs is 3. The van der Waals surface area contributed by atoms with Crippen LogP contribution in [0.4, 0.5) is 5.69 Å². The Morgan fingerprint density at radius 2 is 1.72 bits per heavy atom. The molecule has 2 heterocycles. The van der Waals surface area contributed by atoms with Crippen LogP contribution in [0.3, 0.4) is 0 Å². The lowest BCUT2D eigenvalue weighted by atomic mass is 9.99. The maximum Gasteiger partial charge on any atom is 0.251 e. The number of carbonyl (C=O) groups is 2. The summed E-state index contributed by atoms with van der Waals surface area (Å²) in [6.45, 7) is 2.90. The molecule has 12 heteroatoms. The Balaban J connectivity index is 1.24. The second-order valence-electron chi connectivity index (χ2n) is 10.5. The number of aliphatic imine (C=N–C) groups is 1. The van der Waals surface area contributed by atoms with Gasteiger partial charge >= 0.3 is 0 Å². The highest BCUT2D eigenvalue weighted by molar-refractivity contribution is 6.30. The lowest BCUT2D eigenvalue weighted by Gasteiger charge is -2.31. The molecule has 2 unspecified atom stereocenters. The fraction of sp³-hybridized carbons (Fsp3) is 0.323. The van der Waals surface area contributed by atoms with Crippen molar-refractivity contribution in [3.63, 3.8) is 0 Å². The number of carbonyl (C=O) groups excluding carboxylic acids is 2. The minimum absolute atomic E-state index is 0.0526. The zero-order valence-corrected chi connectivity index (χ0v) is 24.7. The summed E-state index contributed by atoms with van der Waals surface area (Å²) >= 11 is 6.18. The van der Waals surface area contributed by atoms with E-state index in [0.717, 1.165) is 22.5 Å². The van der Waals surface area contributed by atoms with Gasteiger partial charge in [0.2, 0.25) is 5.91 Å². The minimum Gasteiger partial charge on any atom is -0.504 e. The van der Waals surface area contributed by atoms with Crippen LogP contribution in [-0.2, 0) is 4.79 Å². The van der Waals surface area contributed by atoms with Crippen LogP contribution in [-0.4, -0.2) is 66.3 Å². The second kappa shape index (κ2) is 13.3. The molecule has 0 radical (unpaired) electrons. The van der Waals surface area contributed by atoms with Gasteiger partial charge in [-0.05, 0) is 68.3 Å². The van der Waals surface area contributed by atoms with Crippen molar-refractivity contribution in [1.82, 2.24) is 21.5 Å². The number of methoxy groups -OCH3 is 1. The molecule has 2 aliphatic heterocycles. The molecule has 2 aliphatic rings. The molecular formula is C31H35ClN6O5. The molecule has 226 valence electrons. The second-order valence-corrected chi connectivity index (χ2v) is 10.9. The van der Waals surface area contributed by atoms with E-state index >= 15 is 0 Å². The topological polar surface area (TPSA) is 148 Å². The molecule has 5 rings (SSSR count). The van der Waals surface area contributed by atoms with Gasteiger partial charge in [-0.3, -0.25) is 14.6 Å². The summed E-state index contributed by atoms with van der Waals surface area (Å²) in [7, 11) is 1.63. The molecule has 3 aromatic rings. The molecule has 11 nitrogen and oxygen atoms in total. The van der Waals surface area contributed by atoms with Crippen LogP contribution in [0.2, 0.25) is 5.02 Å². The fourth-order valence-corrected chi connectivity index (χ4v) is 5.42. The number of halogens is 1. The molecular weight excluding hydrogens is 572 g/mol. The number of aromatic hydroxyl groups is 2. The van der Waals surface area contributed by atoms with E-state index in [0.29, 0.717) is 36.7 Å². The highest BCUT2D eigenvalue weighted by atomic mass is 35.5. The van der Waals surface area contributed by atoms with Gasteiger partial charge in [-0.25, -0.2) is 10.9 Å². The van der Waals surface area contributed by atoms with Gasteiger partial charge in [0, 0.05) is 40.5 Å². The standard InChI is InChI=1S/C31H35ClN6O5/c1-18-36-37-30-24(17-28(41)33-13-3-4-14-34-31(42)20-7-12-26(39)27(40)15-20)35-29(19-5-8-21(32)9-6-19)23-16-22(43-2)10-11-25(23)38(18)30/h5-12,15-16,18,24,30,36-37,39-40H,3-4,13-14,17H2,1-2H3,(H,33,41)(H,34,42)/t18?,24-,30?/m0/s1. The number of hydrogen-bond donors (Lipinski definition) is 6. The van der Waals surface area contributed by atoms with Gasteiger partial charge in [-0.15, -0.1) is 0 Å². The Kier molecular flexibility index (Phi) is 9.34. The van der Waals surface area contributed by atoms with Gasteiger partial charge in [-0.2, -0.15) is 0 Å². The summed E-state index contributed by atoms with van der Waals surface area (Å²) in [6.07, 6.45) is 1.14. The number of phenols is 2. The molecule has 3 aromatic carbocycles. The number of rotatable bonds is 10. The number of benzene rings is 3. The molecule has 3 atom stereocenters. The van der Waals surface area contributed by atoms with Crippen LogP contribution >= 0.6 is 11.6 Å². The fourth-order valence-electron chi connectivity index (χ4n) is 5.29. The predicted molar refractivity (Wildman–Crippen MR) is 165 cm³/mol. The number of phenolic OH excluding ortho intramolecular Hbond substituents is 2. The maximum atomic E-state index is 13.1. The van der Waals surface area contributed by atoms with E-state index in [4.69, 9.17) is 21.3 Å². The van der Waals surface area contributed by atoms with E-state index < -0.39 is 6.04 Å². The van der Waals surface area contributed by atoms with Gasteiger partial charge in [0.15, 0.2) is 11.5 Å². The maximum absolute atomic E-state index is 13.1. The van der Waals surface area contributed by atoms with Crippen molar-refractivity contribution in [2.45, 2.75) is 44.6 Å². The van der Waals surface area contributed by atoms with Crippen LogP contribution < -0.4 is 31.1 Å². The summed E-state index contributed by atoms with van der Waals surface area (Å²) in [5.74, 6) is -0.401. The van der Waals surface area contributed by atoms with Crippen molar-refractivity contribution in [3.8, 4) is 17.2 Å². The number of hydrogen-bond acceptors (Lipinski definition) is 9.